The van der Waals surface area contributed by atoms with Gasteiger partial charge in [-0.05, 0) is 30.8 Å². The van der Waals surface area contributed by atoms with Crippen LogP contribution in [0.5, 0.6) is 0 Å². The van der Waals surface area contributed by atoms with E-state index in [2.05, 4.69) is 53.1 Å². The first-order valence-corrected chi connectivity index (χ1v) is 5.57. The van der Waals surface area contributed by atoms with Crippen molar-refractivity contribution < 1.29 is 0 Å². The van der Waals surface area contributed by atoms with Crippen LogP contribution in [0.25, 0.3) is 0 Å². The van der Waals surface area contributed by atoms with E-state index in [9.17, 15) is 0 Å². The minimum Gasteiger partial charge on any atom is -0.262 e. The first-order chi connectivity index (χ1) is 6.66. The summed E-state index contributed by atoms with van der Waals surface area (Å²) in [5.41, 5.74) is 3.73. The highest BCUT2D eigenvalue weighted by molar-refractivity contribution is 5.82. The van der Waals surface area contributed by atoms with E-state index >= 15 is 0 Å². The van der Waals surface area contributed by atoms with E-state index in [1.165, 1.54) is 11.1 Å². The molecule has 0 bridgehead atoms. The van der Waals surface area contributed by atoms with Crippen LogP contribution in [0, 0.1) is 11.3 Å². The van der Waals surface area contributed by atoms with Crippen LogP contribution >= 0.6 is 0 Å². The summed E-state index contributed by atoms with van der Waals surface area (Å²) in [6.45, 7) is 19.0. The van der Waals surface area contributed by atoms with E-state index in [0.717, 1.165) is 5.70 Å². The van der Waals surface area contributed by atoms with Gasteiger partial charge in [0.25, 0.3) is 0 Å². The highest BCUT2D eigenvalue weighted by Gasteiger charge is 2.18. The summed E-state index contributed by atoms with van der Waals surface area (Å²) in [4.78, 5) is 4.32. The third kappa shape index (κ3) is 4.96. The van der Waals surface area contributed by atoms with Crippen molar-refractivity contribution in [2.45, 2.75) is 48.5 Å². The van der Waals surface area contributed by atoms with Gasteiger partial charge < -0.3 is 0 Å². The van der Waals surface area contributed by atoms with Gasteiger partial charge in [-0.15, -0.1) is 0 Å². The van der Waals surface area contributed by atoms with Crippen LogP contribution in [0.1, 0.15) is 48.5 Å². The Morgan fingerprint density at radius 3 is 1.93 bits per heavy atom. The molecule has 0 atom stereocenters. The minimum absolute atomic E-state index is 0.146. The molecule has 0 spiro atoms. The third-order valence-corrected chi connectivity index (χ3v) is 2.51. The summed E-state index contributed by atoms with van der Waals surface area (Å²) < 4.78 is 0. The number of hydrogen-bond donors (Lipinski definition) is 0. The molecule has 0 saturated carbocycles. The summed E-state index contributed by atoms with van der Waals surface area (Å²) in [6, 6.07) is 0. The van der Waals surface area contributed by atoms with Crippen molar-refractivity contribution in [1.82, 2.24) is 0 Å². The number of nitrogens with zero attached hydrogens (tertiary/aromatic N) is 1. The fourth-order valence-corrected chi connectivity index (χ4v) is 1.37. The molecule has 0 N–H and O–H groups in total. The van der Waals surface area contributed by atoms with Gasteiger partial charge in [0.1, 0.15) is 0 Å². The summed E-state index contributed by atoms with van der Waals surface area (Å²) in [5.74, 6) is 0.566. The summed E-state index contributed by atoms with van der Waals surface area (Å²) in [7, 11) is 0. The van der Waals surface area contributed by atoms with Crippen LogP contribution in [0.4, 0.5) is 0 Å². The standard InChI is InChI=1S/C14H25N/c1-10(2)12(5)13(14(6,7)8)9-15-11(3)4/h9-10H,3H2,1-2,4-8H3/b13-12-,15-9-. The Hall–Kier alpha value is -0.850. The molecule has 0 aromatic carbocycles. The molecule has 0 rings (SSSR count). The molecule has 0 aromatic rings. The highest BCUT2D eigenvalue weighted by Crippen LogP contribution is 2.29. The van der Waals surface area contributed by atoms with E-state index in [1.54, 1.807) is 0 Å². The molecule has 0 amide bonds. The lowest BCUT2D eigenvalue weighted by Gasteiger charge is -2.24. The van der Waals surface area contributed by atoms with Crippen LogP contribution in [0.2, 0.25) is 0 Å². The largest absolute Gasteiger partial charge is 0.262 e. The average Bonchev–Trinajstić information content (AvgIpc) is 2.00. The van der Waals surface area contributed by atoms with Crippen LogP contribution < -0.4 is 0 Å². The van der Waals surface area contributed by atoms with Gasteiger partial charge in [0.15, 0.2) is 0 Å². The molecule has 0 fully saturated rings. The van der Waals surface area contributed by atoms with Crippen molar-refractivity contribution in [1.29, 1.82) is 0 Å². The van der Waals surface area contributed by atoms with E-state index in [-0.39, 0.29) is 5.41 Å². The van der Waals surface area contributed by atoms with Gasteiger partial charge in [-0.3, -0.25) is 4.99 Å². The average molecular weight is 207 g/mol. The molecule has 0 aliphatic rings. The number of aliphatic imine (C=N–C) groups is 1. The molecule has 1 nitrogen and oxygen atoms in total. The first kappa shape index (κ1) is 14.2. The Morgan fingerprint density at radius 2 is 1.67 bits per heavy atom. The van der Waals surface area contributed by atoms with Crippen LogP contribution in [0.15, 0.2) is 28.4 Å². The lowest BCUT2D eigenvalue weighted by atomic mass is 9.81. The minimum atomic E-state index is 0.146. The predicted octanol–water partition coefficient (Wildman–Crippen LogP) is 4.61. The normalized spacial score (nSPS) is 14.7. The maximum absolute atomic E-state index is 4.32. The van der Waals surface area contributed by atoms with Crippen molar-refractivity contribution in [3.05, 3.63) is 23.4 Å². The molecule has 15 heavy (non-hydrogen) atoms. The van der Waals surface area contributed by atoms with E-state index < -0.39 is 0 Å². The molecule has 0 saturated heterocycles. The molecule has 0 aromatic heterocycles. The van der Waals surface area contributed by atoms with E-state index in [0.29, 0.717) is 5.92 Å². The van der Waals surface area contributed by atoms with E-state index in [4.69, 9.17) is 0 Å². The molecular weight excluding hydrogens is 182 g/mol. The Morgan fingerprint density at radius 1 is 1.20 bits per heavy atom. The van der Waals surface area contributed by atoms with Gasteiger partial charge in [-0.1, -0.05) is 46.8 Å². The van der Waals surface area contributed by atoms with Crippen molar-refractivity contribution in [2.24, 2.45) is 16.3 Å². The molecule has 0 unspecified atom stereocenters. The van der Waals surface area contributed by atoms with Crippen molar-refractivity contribution in [3.8, 4) is 0 Å². The van der Waals surface area contributed by atoms with Gasteiger partial charge in [-0.2, -0.15) is 0 Å². The van der Waals surface area contributed by atoms with Gasteiger partial charge in [0, 0.05) is 11.9 Å². The number of allylic oxidation sites excluding steroid dienone is 3. The maximum Gasteiger partial charge on any atom is 0.0307 e. The molecule has 0 heterocycles. The smallest absolute Gasteiger partial charge is 0.0307 e. The van der Waals surface area contributed by atoms with E-state index in [1.807, 2.05) is 13.1 Å². The highest BCUT2D eigenvalue weighted by atomic mass is 14.7. The molecular formula is C14H25N. The molecule has 86 valence electrons. The second-order valence-corrected chi connectivity index (χ2v) is 5.49. The Balaban J connectivity index is 5.26. The molecule has 1 heteroatoms. The monoisotopic (exact) mass is 207 g/mol. The van der Waals surface area contributed by atoms with Gasteiger partial charge >= 0.3 is 0 Å². The van der Waals surface area contributed by atoms with Crippen LogP contribution in [-0.2, 0) is 0 Å². The second kappa shape index (κ2) is 5.29. The Bertz CT molecular complexity index is 285. The van der Waals surface area contributed by atoms with Crippen molar-refractivity contribution >= 4 is 6.21 Å². The van der Waals surface area contributed by atoms with Gasteiger partial charge in [0.05, 0.1) is 0 Å². The van der Waals surface area contributed by atoms with Crippen molar-refractivity contribution in [3.63, 3.8) is 0 Å². The quantitative estimate of drug-likeness (QED) is 0.599. The summed E-state index contributed by atoms with van der Waals surface area (Å²) in [6.07, 6.45) is 1.97. The maximum atomic E-state index is 4.32. The zero-order valence-electron chi connectivity index (χ0n) is 11.3. The Kier molecular flexibility index (Phi) is 4.99. The topological polar surface area (TPSA) is 12.4 Å². The lowest BCUT2D eigenvalue weighted by Crippen LogP contribution is -2.14. The lowest BCUT2D eigenvalue weighted by molar-refractivity contribution is 0.513. The van der Waals surface area contributed by atoms with Crippen LogP contribution in [-0.4, -0.2) is 6.21 Å². The number of rotatable bonds is 3. The Labute approximate surface area is 95.0 Å². The first-order valence-electron chi connectivity index (χ1n) is 5.57. The zero-order chi connectivity index (χ0) is 12.2. The van der Waals surface area contributed by atoms with Gasteiger partial charge in [-0.25, -0.2) is 0 Å². The predicted molar refractivity (Wildman–Crippen MR) is 70.3 cm³/mol. The van der Waals surface area contributed by atoms with Crippen molar-refractivity contribution in [2.75, 3.05) is 0 Å². The zero-order valence-corrected chi connectivity index (χ0v) is 11.3. The fourth-order valence-electron chi connectivity index (χ4n) is 1.37. The fraction of sp³-hybridized carbons (Fsp3) is 0.643. The summed E-state index contributed by atoms with van der Waals surface area (Å²) >= 11 is 0. The SMILES string of the molecule is C=C(C)/N=C\C(=C(/C)C(C)C)C(C)(C)C. The van der Waals surface area contributed by atoms with Gasteiger partial charge in [0.2, 0.25) is 0 Å². The second-order valence-electron chi connectivity index (χ2n) is 5.49. The molecule has 0 aliphatic heterocycles. The third-order valence-electron chi connectivity index (χ3n) is 2.51. The van der Waals surface area contributed by atoms with Crippen LogP contribution in [0.3, 0.4) is 0 Å². The summed E-state index contributed by atoms with van der Waals surface area (Å²) in [5, 5.41) is 0. The molecule has 0 radical (unpaired) electrons. The molecule has 0 aliphatic carbocycles. The number of hydrogen-bond acceptors (Lipinski definition) is 1.